The Hall–Kier alpha value is -1.68. The standard InChI is InChI=1S/C7H5F3N4O2S/c8-7(9,10)5-3-4-6(17(11,15)16)12-1-2-14(4)13-5/h1-3H,(H2,11,15,16). The number of primary sulfonamides is 1. The summed E-state index contributed by atoms with van der Waals surface area (Å²) in [5.74, 6) is 0. The first-order valence-electron chi connectivity index (χ1n) is 4.14. The molecule has 92 valence electrons. The molecule has 0 aromatic carbocycles. The summed E-state index contributed by atoms with van der Waals surface area (Å²) < 4.78 is 60.1. The maximum absolute atomic E-state index is 12.4. The zero-order valence-electron chi connectivity index (χ0n) is 8.01. The Morgan fingerprint density at radius 2 is 2.00 bits per heavy atom. The smallest absolute Gasteiger partial charge is 0.240 e. The van der Waals surface area contributed by atoms with Crippen LogP contribution in [0.3, 0.4) is 0 Å². The number of sulfonamides is 1. The average molecular weight is 266 g/mol. The highest BCUT2D eigenvalue weighted by molar-refractivity contribution is 7.89. The van der Waals surface area contributed by atoms with Gasteiger partial charge in [0.15, 0.2) is 10.7 Å². The fraction of sp³-hybridized carbons (Fsp3) is 0.143. The van der Waals surface area contributed by atoms with Gasteiger partial charge in [0.1, 0.15) is 5.52 Å². The van der Waals surface area contributed by atoms with E-state index in [1.165, 1.54) is 0 Å². The predicted octanol–water partition coefficient (Wildman–Crippen LogP) is 0.396. The lowest BCUT2D eigenvalue weighted by atomic mass is 10.4. The largest absolute Gasteiger partial charge is 0.435 e. The van der Waals surface area contributed by atoms with Gasteiger partial charge < -0.3 is 0 Å². The predicted molar refractivity (Wildman–Crippen MR) is 49.4 cm³/mol. The molecular formula is C7H5F3N4O2S. The number of nitrogens with two attached hydrogens (primary N) is 1. The lowest BCUT2D eigenvalue weighted by Crippen LogP contribution is -2.15. The first-order valence-corrected chi connectivity index (χ1v) is 5.68. The van der Waals surface area contributed by atoms with Crippen molar-refractivity contribution in [3.63, 3.8) is 0 Å². The number of alkyl halides is 3. The minimum absolute atomic E-state index is 0.317. The second kappa shape index (κ2) is 3.40. The van der Waals surface area contributed by atoms with E-state index in [0.717, 1.165) is 16.9 Å². The zero-order valence-corrected chi connectivity index (χ0v) is 8.83. The molecule has 0 saturated heterocycles. The van der Waals surface area contributed by atoms with Crippen molar-refractivity contribution in [1.82, 2.24) is 14.6 Å². The summed E-state index contributed by atoms with van der Waals surface area (Å²) in [5.41, 5.74) is -1.53. The molecule has 17 heavy (non-hydrogen) atoms. The molecule has 2 aromatic heterocycles. The highest BCUT2D eigenvalue weighted by atomic mass is 32.2. The molecule has 0 unspecified atom stereocenters. The van der Waals surface area contributed by atoms with Crippen LogP contribution in [0.25, 0.3) is 5.52 Å². The van der Waals surface area contributed by atoms with Crippen molar-refractivity contribution >= 4 is 15.5 Å². The van der Waals surface area contributed by atoms with Gasteiger partial charge in [-0.2, -0.15) is 18.3 Å². The molecule has 0 radical (unpaired) electrons. The minimum Gasteiger partial charge on any atom is -0.240 e. The Kier molecular flexibility index (Phi) is 2.36. The topological polar surface area (TPSA) is 90.4 Å². The van der Waals surface area contributed by atoms with Crippen molar-refractivity contribution < 1.29 is 21.6 Å². The molecule has 6 nitrogen and oxygen atoms in total. The molecule has 10 heteroatoms. The number of rotatable bonds is 1. The van der Waals surface area contributed by atoms with Crippen LogP contribution in [0.1, 0.15) is 5.69 Å². The van der Waals surface area contributed by atoms with Crippen LogP contribution < -0.4 is 5.14 Å². The van der Waals surface area contributed by atoms with E-state index in [1.807, 2.05) is 0 Å². The molecule has 2 aromatic rings. The molecule has 2 rings (SSSR count). The van der Waals surface area contributed by atoms with Gasteiger partial charge in [-0.05, 0) is 6.07 Å². The minimum atomic E-state index is -4.67. The Morgan fingerprint density at radius 3 is 2.53 bits per heavy atom. The van der Waals surface area contributed by atoms with Crippen LogP contribution in [-0.4, -0.2) is 23.0 Å². The van der Waals surface area contributed by atoms with Crippen LogP contribution in [0.4, 0.5) is 13.2 Å². The van der Waals surface area contributed by atoms with E-state index in [-0.39, 0.29) is 5.52 Å². The summed E-state index contributed by atoms with van der Waals surface area (Å²) in [6.45, 7) is 0. The maximum atomic E-state index is 12.4. The van der Waals surface area contributed by atoms with Gasteiger partial charge in [-0.3, -0.25) is 0 Å². The molecule has 0 fully saturated rings. The summed E-state index contributed by atoms with van der Waals surface area (Å²) in [4.78, 5) is 3.43. The van der Waals surface area contributed by atoms with E-state index >= 15 is 0 Å². The normalized spacial score (nSPS) is 13.2. The van der Waals surface area contributed by atoms with Gasteiger partial charge in [0.25, 0.3) is 10.0 Å². The van der Waals surface area contributed by atoms with Crippen LogP contribution in [-0.2, 0) is 16.2 Å². The van der Waals surface area contributed by atoms with Gasteiger partial charge in [-0.15, -0.1) is 0 Å². The Labute approximate surface area is 92.9 Å². The van der Waals surface area contributed by atoms with Crippen molar-refractivity contribution in [1.29, 1.82) is 0 Å². The number of aromatic nitrogens is 3. The van der Waals surface area contributed by atoms with E-state index < -0.39 is 26.9 Å². The number of hydrogen-bond acceptors (Lipinski definition) is 4. The summed E-state index contributed by atoms with van der Waals surface area (Å²) in [7, 11) is -4.20. The van der Waals surface area contributed by atoms with Gasteiger partial charge in [-0.25, -0.2) is 23.1 Å². The molecule has 2 heterocycles. The lowest BCUT2D eigenvalue weighted by Gasteiger charge is -1.98. The molecule has 0 bridgehead atoms. The van der Waals surface area contributed by atoms with Gasteiger partial charge in [0, 0.05) is 12.4 Å². The average Bonchev–Trinajstić information content (AvgIpc) is 2.57. The highest BCUT2D eigenvalue weighted by Crippen LogP contribution is 2.29. The molecule has 2 N–H and O–H groups in total. The SMILES string of the molecule is NS(=O)(=O)c1nccn2nc(C(F)(F)F)cc12. The lowest BCUT2D eigenvalue weighted by molar-refractivity contribution is -0.141. The summed E-state index contributed by atoms with van der Waals surface area (Å²) in [6, 6.07) is 0.576. The van der Waals surface area contributed by atoms with Crippen molar-refractivity contribution in [2.24, 2.45) is 5.14 Å². The molecule has 0 aliphatic carbocycles. The van der Waals surface area contributed by atoms with Gasteiger partial charge in [0.05, 0.1) is 0 Å². The summed E-state index contributed by atoms with van der Waals surface area (Å²) in [5, 5.41) is 7.37. The fourth-order valence-corrected chi connectivity index (χ4v) is 1.91. The zero-order chi connectivity index (χ0) is 12.8. The van der Waals surface area contributed by atoms with Crippen molar-refractivity contribution in [2.45, 2.75) is 11.2 Å². The first-order chi connectivity index (χ1) is 7.69. The second-order valence-electron chi connectivity index (χ2n) is 3.13. The van der Waals surface area contributed by atoms with Gasteiger partial charge in [-0.1, -0.05) is 0 Å². The van der Waals surface area contributed by atoms with Crippen LogP contribution >= 0.6 is 0 Å². The first kappa shape index (κ1) is 11.8. The highest BCUT2D eigenvalue weighted by Gasteiger charge is 2.35. The van der Waals surface area contributed by atoms with Crippen LogP contribution in [0, 0.1) is 0 Å². The molecule has 0 atom stereocenters. The van der Waals surface area contributed by atoms with Crippen molar-refractivity contribution in [3.8, 4) is 0 Å². The number of halogens is 3. The van der Waals surface area contributed by atoms with E-state index in [1.54, 1.807) is 0 Å². The number of hydrogen-bond donors (Lipinski definition) is 1. The third-order valence-corrected chi connectivity index (χ3v) is 2.77. The monoisotopic (exact) mass is 266 g/mol. The van der Waals surface area contributed by atoms with E-state index in [9.17, 15) is 21.6 Å². The summed E-state index contributed by atoms with van der Waals surface area (Å²) in [6.07, 6.45) is -2.57. The van der Waals surface area contributed by atoms with E-state index in [2.05, 4.69) is 10.1 Å². The van der Waals surface area contributed by atoms with Gasteiger partial charge in [0.2, 0.25) is 0 Å². The number of nitrogens with zero attached hydrogens (tertiary/aromatic N) is 3. The fourth-order valence-electron chi connectivity index (χ4n) is 1.26. The second-order valence-corrected chi connectivity index (χ2v) is 4.61. The third kappa shape index (κ3) is 2.08. The van der Waals surface area contributed by atoms with Crippen molar-refractivity contribution in [2.75, 3.05) is 0 Å². The Morgan fingerprint density at radius 1 is 1.35 bits per heavy atom. The number of fused-ring (bicyclic) bond motifs is 1. The van der Waals surface area contributed by atoms with Crippen LogP contribution in [0.5, 0.6) is 0 Å². The van der Waals surface area contributed by atoms with E-state index in [4.69, 9.17) is 5.14 Å². The molecule has 0 aliphatic rings. The van der Waals surface area contributed by atoms with Gasteiger partial charge >= 0.3 is 6.18 Å². The molecular weight excluding hydrogens is 261 g/mol. The molecule has 0 spiro atoms. The summed E-state index contributed by atoms with van der Waals surface area (Å²) >= 11 is 0. The molecule has 0 saturated carbocycles. The van der Waals surface area contributed by atoms with E-state index in [0.29, 0.717) is 6.07 Å². The molecule has 0 aliphatic heterocycles. The van der Waals surface area contributed by atoms with Crippen molar-refractivity contribution in [3.05, 3.63) is 24.2 Å². The Balaban J connectivity index is 2.79. The van der Waals surface area contributed by atoms with Crippen LogP contribution in [0.2, 0.25) is 0 Å². The Bertz CT molecular complexity index is 676. The maximum Gasteiger partial charge on any atom is 0.435 e. The molecule has 0 amide bonds. The van der Waals surface area contributed by atoms with Crippen LogP contribution in [0.15, 0.2) is 23.5 Å². The third-order valence-electron chi connectivity index (χ3n) is 1.91. The quantitative estimate of drug-likeness (QED) is 0.808.